The van der Waals surface area contributed by atoms with Crippen molar-refractivity contribution in [3.8, 4) is 11.1 Å². The summed E-state index contributed by atoms with van der Waals surface area (Å²) in [6.07, 6.45) is 0. The molecule has 0 radical (unpaired) electrons. The Morgan fingerprint density at radius 3 is 2.25 bits per heavy atom. The monoisotopic (exact) mass is 337 g/mol. The van der Waals surface area contributed by atoms with Gasteiger partial charge in [-0.15, -0.1) is 11.3 Å². The molecule has 0 bridgehead atoms. The predicted molar refractivity (Wildman–Crippen MR) is 95.5 cm³/mol. The van der Waals surface area contributed by atoms with Crippen LogP contribution in [0.4, 0.5) is 5.00 Å². The van der Waals surface area contributed by atoms with Crippen molar-refractivity contribution < 1.29 is 14.3 Å². The molecule has 3 rings (SSSR count). The molecule has 0 saturated heterocycles. The highest BCUT2D eigenvalue weighted by Gasteiger charge is 2.16. The van der Waals surface area contributed by atoms with Gasteiger partial charge in [-0.1, -0.05) is 42.5 Å². The maximum atomic E-state index is 12.4. The van der Waals surface area contributed by atoms with Crippen LogP contribution in [0.3, 0.4) is 0 Å². The summed E-state index contributed by atoms with van der Waals surface area (Å²) in [6.45, 7) is 0. The molecular formula is C19H15NO3S. The van der Waals surface area contributed by atoms with Gasteiger partial charge in [-0.2, -0.15) is 0 Å². The van der Waals surface area contributed by atoms with Gasteiger partial charge in [0.1, 0.15) is 5.00 Å². The largest absolute Gasteiger partial charge is 0.465 e. The van der Waals surface area contributed by atoms with Crippen molar-refractivity contribution in [1.82, 2.24) is 0 Å². The molecule has 0 aliphatic carbocycles. The lowest BCUT2D eigenvalue weighted by Gasteiger charge is -2.07. The number of amides is 1. The first-order valence-corrected chi connectivity index (χ1v) is 8.19. The smallest absolute Gasteiger partial charge is 0.340 e. The summed E-state index contributed by atoms with van der Waals surface area (Å²) in [5.74, 6) is -0.729. The number of benzene rings is 2. The van der Waals surface area contributed by atoms with Gasteiger partial charge in [-0.25, -0.2) is 4.79 Å². The van der Waals surface area contributed by atoms with E-state index in [1.54, 1.807) is 23.6 Å². The molecule has 120 valence electrons. The van der Waals surface area contributed by atoms with Gasteiger partial charge in [0.05, 0.1) is 12.7 Å². The Bertz CT molecular complexity index is 854. The average molecular weight is 337 g/mol. The third kappa shape index (κ3) is 3.36. The van der Waals surface area contributed by atoms with E-state index >= 15 is 0 Å². The molecule has 0 aliphatic heterocycles. The molecule has 0 spiro atoms. The standard InChI is InChI=1S/C19H15NO3S/c1-23-19(22)16-11-12-24-18(16)20-17(21)15-9-7-14(8-10-15)13-5-3-2-4-6-13/h2-12H,1H3,(H,20,21). The zero-order chi connectivity index (χ0) is 16.9. The molecule has 2 aromatic carbocycles. The minimum Gasteiger partial charge on any atom is -0.465 e. The lowest BCUT2D eigenvalue weighted by atomic mass is 10.0. The van der Waals surface area contributed by atoms with Crippen LogP contribution in [-0.2, 0) is 4.74 Å². The zero-order valence-electron chi connectivity index (χ0n) is 13.0. The molecule has 1 N–H and O–H groups in total. The maximum Gasteiger partial charge on any atom is 0.340 e. The number of nitrogens with one attached hydrogen (secondary N) is 1. The predicted octanol–water partition coefficient (Wildman–Crippen LogP) is 4.45. The highest BCUT2D eigenvalue weighted by Crippen LogP contribution is 2.25. The number of ether oxygens (including phenoxy) is 1. The van der Waals surface area contributed by atoms with E-state index in [4.69, 9.17) is 4.74 Å². The Labute approximate surface area is 143 Å². The summed E-state index contributed by atoms with van der Waals surface area (Å²) in [5.41, 5.74) is 3.02. The van der Waals surface area contributed by atoms with Crippen LogP contribution in [0.1, 0.15) is 20.7 Å². The van der Waals surface area contributed by atoms with Crippen molar-refractivity contribution in [1.29, 1.82) is 0 Å². The Hall–Kier alpha value is -2.92. The Balaban J connectivity index is 1.77. The molecule has 0 unspecified atom stereocenters. The fourth-order valence-corrected chi connectivity index (χ4v) is 3.07. The molecule has 5 heteroatoms. The van der Waals surface area contributed by atoms with Gasteiger partial charge in [-0.3, -0.25) is 4.79 Å². The van der Waals surface area contributed by atoms with Crippen LogP contribution in [0, 0.1) is 0 Å². The Kier molecular flexibility index (Phi) is 4.72. The van der Waals surface area contributed by atoms with E-state index in [2.05, 4.69) is 5.32 Å². The number of carbonyl (C=O) groups is 2. The summed E-state index contributed by atoms with van der Waals surface area (Å²) in [7, 11) is 1.31. The number of hydrogen-bond acceptors (Lipinski definition) is 4. The minimum absolute atomic E-state index is 0.262. The molecule has 0 fully saturated rings. The summed E-state index contributed by atoms with van der Waals surface area (Å²) < 4.78 is 4.70. The molecular weight excluding hydrogens is 322 g/mol. The van der Waals surface area contributed by atoms with E-state index in [0.29, 0.717) is 16.1 Å². The minimum atomic E-state index is -0.467. The van der Waals surface area contributed by atoms with E-state index < -0.39 is 5.97 Å². The molecule has 4 nitrogen and oxygen atoms in total. The van der Waals surface area contributed by atoms with Crippen LogP contribution < -0.4 is 5.32 Å². The van der Waals surface area contributed by atoms with Crippen LogP contribution in [0.5, 0.6) is 0 Å². The molecule has 24 heavy (non-hydrogen) atoms. The number of esters is 1. The Morgan fingerprint density at radius 1 is 0.917 bits per heavy atom. The van der Waals surface area contributed by atoms with E-state index in [1.165, 1.54) is 18.4 Å². The molecule has 1 amide bonds. The second-order valence-corrected chi connectivity index (χ2v) is 5.97. The van der Waals surface area contributed by atoms with Crippen molar-refractivity contribution in [2.24, 2.45) is 0 Å². The van der Waals surface area contributed by atoms with Crippen molar-refractivity contribution >= 4 is 28.2 Å². The van der Waals surface area contributed by atoms with E-state index in [-0.39, 0.29) is 5.91 Å². The lowest BCUT2D eigenvalue weighted by molar-refractivity contribution is 0.0602. The summed E-state index contributed by atoms with van der Waals surface area (Å²) >= 11 is 1.28. The number of methoxy groups -OCH3 is 1. The number of hydrogen-bond donors (Lipinski definition) is 1. The van der Waals surface area contributed by atoms with Crippen LogP contribution in [0.25, 0.3) is 11.1 Å². The van der Waals surface area contributed by atoms with Gasteiger partial charge in [0, 0.05) is 5.56 Å². The second-order valence-electron chi connectivity index (χ2n) is 5.05. The number of thiophene rings is 1. The van der Waals surface area contributed by atoms with Gasteiger partial charge in [0.25, 0.3) is 5.91 Å². The van der Waals surface area contributed by atoms with Crippen molar-refractivity contribution in [3.05, 3.63) is 77.2 Å². The summed E-state index contributed by atoms with van der Waals surface area (Å²) in [5, 5.41) is 4.98. The quantitative estimate of drug-likeness (QED) is 0.715. The first kappa shape index (κ1) is 16.0. The first-order valence-electron chi connectivity index (χ1n) is 7.31. The van der Waals surface area contributed by atoms with Crippen molar-refractivity contribution in [2.45, 2.75) is 0 Å². The van der Waals surface area contributed by atoms with Gasteiger partial charge in [-0.05, 0) is 34.7 Å². The third-order valence-electron chi connectivity index (χ3n) is 3.55. The van der Waals surface area contributed by atoms with Gasteiger partial charge in [0.15, 0.2) is 0 Å². The fraction of sp³-hybridized carbons (Fsp3) is 0.0526. The second kappa shape index (κ2) is 7.10. The normalized spacial score (nSPS) is 10.2. The number of anilines is 1. The van der Waals surface area contributed by atoms with Crippen LogP contribution in [0.2, 0.25) is 0 Å². The van der Waals surface area contributed by atoms with E-state index in [1.807, 2.05) is 42.5 Å². The molecule has 3 aromatic rings. The number of carbonyl (C=O) groups excluding carboxylic acids is 2. The van der Waals surface area contributed by atoms with Crippen LogP contribution in [-0.4, -0.2) is 19.0 Å². The summed E-state index contributed by atoms with van der Waals surface area (Å²) in [6, 6.07) is 18.9. The van der Waals surface area contributed by atoms with Crippen molar-refractivity contribution in [2.75, 3.05) is 12.4 Å². The van der Waals surface area contributed by atoms with Gasteiger partial charge >= 0.3 is 5.97 Å². The average Bonchev–Trinajstić information content (AvgIpc) is 3.10. The van der Waals surface area contributed by atoms with Crippen molar-refractivity contribution in [3.63, 3.8) is 0 Å². The van der Waals surface area contributed by atoms with Crippen LogP contribution >= 0.6 is 11.3 Å². The van der Waals surface area contributed by atoms with E-state index in [0.717, 1.165) is 11.1 Å². The molecule has 0 atom stereocenters. The zero-order valence-corrected chi connectivity index (χ0v) is 13.8. The highest BCUT2D eigenvalue weighted by atomic mass is 32.1. The number of rotatable bonds is 4. The topological polar surface area (TPSA) is 55.4 Å². The molecule has 0 aliphatic rings. The SMILES string of the molecule is COC(=O)c1ccsc1NC(=O)c1ccc(-c2ccccc2)cc1. The Morgan fingerprint density at radius 2 is 1.58 bits per heavy atom. The van der Waals surface area contributed by atoms with E-state index in [9.17, 15) is 9.59 Å². The highest BCUT2D eigenvalue weighted by molar-refractivity contribution is 7.14. The first-order chi connectivity index (χ1) is 11.7. The molecule has 1 aromatic heterocycles. The van der Waals surface area contributed by atoms with Gasteiger partial charge in [0.2, 0.25) is 0 Å². The third-order valence-corrected chi connectivity index (χ3v) is 4.38. The molecule has 1 heterocycles. The fourth-order valence-electron chi connectivity index (χ4n) is 2.30. The van der Waals surface area contributed by atoms with Crippen LogP contribution in [0.15, 0.2) is 66.0 Å². The molecule has 0 saturated carbocycles. The summed E-state index contributed by atoms with van der Waals surface area (Å²) in [4.78, 5) is 24.0. The lowest BCUT2D eigenvalue weighted by Crippen LogP contribution is -2.13. The maximum absolute atomic E-state index is 12.4. The van der Waals surface area contributed by atoms with Gasteiger partial charge < -0.3 is 10.1 Å².